The van der Waals surface area contributed by atoms with Gasteiger partial charge in [0.1, 0.15) is 5.82 Å². The summed E-state index contributed by atoms with van der Waals surface area (Å²) in [4.78, 5) is 11.0. The van der Waals surface area contributed by atoms with Gasteiger partial charge in [-0.3, -0.25) is 4.79 Å². The van der Waals surface area contributed by atoms with Crippen LogP contribution in [0.2, 0.25) is 0 Å². The SMILES string of the molecule is CC(=O)Nc1ccc(F)c(NC(C2CC2)C2CC2)c1. The molecule has 2 aliphatic rings. The van der Waals surface area contributed by atoms with Gasteiger partial charge in [0.2, 0.25) is 5.91 Å². The number of benzene rings is 1. The Labute approximate surface area is 112 Å². The lowest BCUT2D eigenvalue weighted by Gasteiger charge is -2.20. The van der Waals surface area contributed by atoms with E-state index in [0.29, 0.717) is 29.3 Å². The van der Waals surface area contributed by atoms with E-state index in [4.69, 9.17) is 0 Å². The minimum atomic E-state index is -0.250. The van der Waals surface area contributed by atoms with Gasteiger partial charge in [-0.05, 0) is 55.7 Å². The third-order valence-electron chi connectivity index (χ3n) is 3.87. The lowest BCUT2D eigenvalue weighted by molar-refractivity contribution is -0.114. The Bertz CT molecular complexity index is 483. The number of hydrogen-bond acceptors (Lipinski definition) is 2. The Morgan fingerprint density at radius 2 is 1.89 bits per heavy atom. The molecule has 3 rings (SSSR count). The van der Waals surface area contributed by atoms with Gasteiger partial charge >= 0.3 is 0 Å². The van der Waals surface area contributed by atoms with Gasteiger partial charge in [0.15, 0.2) is 0 Å². The van der Waals surface area contributed by atoms with Gasteiger partial charge in [0.05, 0.1) is 5.69 Å². The molecule has 0 saturated heterocycles. The molecule has 3 nitrogen and oxygen atoms in total. The smallest absolute Gasteiger partial charge is 0.221 e. The molecule has 0 atom stereocenters. The van der Waals surface area contributed by atoms with Crippen LogP contribution in [0.4, 0.5) is 15.8 Å². The van der Waals surface area contributed by atoms with Gasteiger partial charge in [-0.25, -0.2) is 4.39 Å². The average Bonchev–Trinajstić information content (AvgIpc) is 3.23. The molecule has 0 bridgehead atoms. The number of hydrogen-bond donors (Lipinski definition) is 2. The molecular weight excluding hydrogens is 243 g/mol. The van der Waals surface area contributed by atoms with E-state index in [1.54, 1.807) is 12.1 Å². The molecule has 19 heavy (non-hydrogen) atoms. The zero-order valence-corrected chi connectivity index (χ0v) is 11.1. The Balaban J connectivity index is 1.76. The van der Waals surface area contributed by atoms with Crippen molar-refractivity contribution in [3.05, 3.63) is 24.0 Å². The summed E-state index contributed by atoms with van der Waals surface area (Å²) in [6.07, 6.45) is 5.00. The second-order valence-corrected chi connectivity index (χ2v) is 5.72. The maximum absolute atomic E-state index is 13.9. The summed E-state index contributed by atoms with van der Waals surface area (Å²) in [6.45, 7) is 1.45. The number of nitrogens with one attached hydrogen (secondary N) is 2. The molecule has 2 aliphatic carbocycles. The van der Waals surface area contributed by atoms with Crippen LogP contribution >= 0.6 is 0 Å². The summed E-state index contributed by atoms with van der Waals surface area (Å²) in [7, 11) is 0. The van der Waals surface area contributed by atoms with E-state index in [9.17, 15) is 9.18 Å². The second kappa shape index (κ2) is 4.83. The van der Waals surface area contributed by atoms with Crippen molar-refractivity contribution >= 4 is 17.3 Å². The summed E-state index contributed by atoms with van der Waals surface area (Å²) >= 11 is 0. The predicted octanol–water partition coefficient (Wildman–Crippen LogP) is 3.38. The highest BCUT2D eigenvalue weighted by Crippen LogP contribution is 2.46. The van der Waals surface area contributed by atoms with Gasteiger partial charge in [0.25, 0.3) is 0 Å². The molecule has 4 heteroatoms. The summed E-state index contributed by atoms with van der Waals surface area (Å²) < 4.78 is 13.9. The molecule has 0 aromatic heterocycles. The van der Waals surface area contributed by atoms with E-state index in [1.807, 2.05) is 0 Å². The first-order chi connectivity index (χ1) is 9.13. The van der Waals surface area contributed by atoms with Crippen molar-refractivity contribution < 1.29 is 9.18 Å². The van der Waals surface area contributed by atoms with E-state index in [1.165, 1.54) is 38.7 Å². The number of anilines is 2. The van der Waals surface area contributed by atoms with Crippen LogP contribution in [0.1, 0.15) is 32.6 Å². The predicted molar refractivity (Wildman–Crippen MR) is 73.6 cm³/mol. The van der Waals surface area contributed by atoms with Gasteiger partial charge in [-0.2, -0.15) is 0 Å². The van der Waals surface area contributed by atoms with Crippen molar-refractivity contribution in [1.29, 1.82) is 0 Å². The van der Waals surface area contributed by atoms with E-state index < -0.39 is 0 Å². The minimum Gasteiger partial charge on any atom is -0.379 e. The van der Waals surface area contributed by atoms with E-state index in [-0.39, 0.29) is 11.7 Å². The van der Waals surface area contributed by atoms with Gasteiger partial charge < -0.3 is 10.6 Å². The monoisotopic (exact) mass is 262 g/mol. The van der Waals surface area contributed by atoms with Crippen molar-refractivity contribution in [2.45, 2.75) is 38.6 Å². The largest absolute Gasteiger partial charge is 0.379 e. The third-order valence-corrected chi connectivity index (χ3v) is 3.87. The zero-order chi connectivity index (χ0) is 13.4. The normalized spacial score (nSPS) is 18.5. The average molecular weight is 262 g/mol. The number of carbonyl (C=O) groups is 1. The van der Waals surface area contributed by atoms with Gasteiger partial charge in [-0.1, -0.05) is 0 Å². The Hall–Kier alpha value is -1.58. The molecule has 0 unspecified atom stereocenters. The second-order valence-electron chi connectivity index (χ2n) is 5.72. The molecule has 102 valence electrons. The number of carbonyl (C=O) groups excluding carboxylic acids is 1. The molecule has 0 heterocycles. The van der Waals surface area contributed by atoms with Crippen molar-refractivity contribution in [3.63, 3.8) is 0 Å². The summed E-state index contributed by atoms with van der Waals surface area (Å²) in [6, 6.07) is 5.09. The van der Waals surface area contributed by atoms with Crippen LogP contribution in [0.25, 0.3) is 0 Å². The van der Waals surface area contributed by atoms with E-state index >= 15 is 0 Å². The van der Waals surface area contributed by atoms with Gasteiger partial charge in [0, 0.05) is 18.7 Å². The molecule has 2 N–H and O–H groups in total. The molecule has 1 aromatic carbocycles. The van der Waals surface area contributed by atoms with E-state index in [0.717, 1.165) is 0 Å². The van der Waals surface area contributed by atoms with Crippen molar-refractivity contribution in [2.24, 2.45) is 11.8 Å². The molecule has 0 aliphatic heterocycles. The Morgan fingerprint density at radius 3 is 2.42 bits per heavy atom. The van der Waals surface area contributed by atoms with Gasteiger partial charge in [-0.15, -0.1) is 0 Å². The van der Waals surface area contributed by atoms with Crippen molar-refractivity contribution in [3.8, 4) is 0 Å². The molecule has 0 radical (unpaired) electrons. The highest BCUT2D eigenvalue weighted by Gasteiger charge is 2.41. The maximum Gasteiger partial charge on any atom is 0.221 e. The summed E-state index contributed by atoms with van der Waals surface area (Å²) in [5.74, 6) is 1.02. The highest BCUT2D eigenvalue weighted by atomic mass is 19.1. The summed E-state index contributed by atoms with van der Waals surface area (Å²) in [5, 5.41) is 6.05. The third kappa shape index (κ3) is 3.06. The summed E-state index contributed by atoms with van der Waals surface area (Å²) in [5.41, 5.74) is 1.15. The first-order valence-corrected chi connectivity index (χ1v) is 6.97. The zero-order valence-electron chi connectivity index (χ0n) is 11.1. The quantitative estimate of drug-likeness (QED) is 0.854. The van der Waals surface area contributed by atoms with Crippen LogP contribution in [-0.4, -0.2) is 11.9 Å². The molecule has 0 spiro atoms. The van der Waals surface area contributed by atoms with Crippen LogP contribution < -0.4 is 10.6 Å². The number of rotatable bonds is 5. The molecule has 1 aromatic rings. The lowest BCUT2D eigenvalue weighted by atomic mass is 10.1. The van der Waals surface area contributed by atoms with Crippen LogP contribution in [0.5, 0.6) is 0 Å². The van der Waals surface area contributed by atoms with Crippen LogP contribution in [0.15, 0.2) is 18.2 Å². The van der Waals surface area contributed by atoms with Crippen LogP contribution in [-0.2, 0) is 4.79 Å². The molecule has 2 fully saturated rings. The van der Waals surface area contributed by atoms with E-state index in [2.05, 4.69) is 10.6 Å². The molecule has 2 saturated carbocycles. The van der Waals surface area contributed by atoms with Crippen molar-refractivity contribution in [2.75, 3.05) is 10.6 Å². The number of amides is 1. The minimum absolute atomic E-state index is 0.140. The Morgan fingerprint density at radius 1 is 1.26 bits per heavy atom. The number of halogens is 1. The van der Waals surface area contributed by atoms with Crippen molar-refractivity contribution in [1.82, 2.24) is 0 Å². The van der Waals surface area contributed by atoms with Crippen LogP contribution in [0.3, 0.4) is 0 Å². The fourth-order valence-electron chi connectivity index (χ4n) is 2.63. The molecular formula is C15H19FN2O. The topological polar surface area (TPSA) is 41.1 Å². The highest BCUT2D eigenvalue weighted by molar-refractivity contribution is 5.89. The maximum atomic E-state index is 13.9. The standard InChI is InChI=1S/C15H19FN2O/c1-9(19)17-12-6-7-13(16)14(8-12)18-15(10-2-3-10)11-4-5-11/h6-8,10-11,15,18H,2-5H2,1H3,(H,17,19). The fraction of sp³-hybridized carbons (Fsp3) is 0.533. The first kappa shape index (κ1) is 12.5. The Kier molecular flexibility index (Phi) is 3.17. The first-order valence-electron chi connectivity index (χ1n) is 6.97. The lowest BCUT2D eigenvalue weighted by Crippen LogP contribution is -2.24. The molecule has 1 amide bonds. The van der Waals surface area contributed by atoms with Crippen LogP contribution in [0, 0.1) is 17.7 Å². The fourth-order valence-corrected chi connectivity index (χ4v) is 2.63.